The van der Waals surface area contributed by atoms with Crippen molar-refractivity contribution in [2.45, 2.75) is 12.8 Å². The second kappa shape index (κ2) is 4.64. The molecule has 1 heterocycles. The number of aryl methyl sites for hydroxylation is 2. The van der Waals surface area contributed by atoms with Gasteiger partial charge < -0.3 is 5.73 Å². The maximum atomic E-state index is 5.80. The molecule has 0 saturated heterocycles. The van der Waals surface area contributed by atoms with E-state index >= 15 is 0 Å². The zero-order valence-corrected chi connectivity index (χ0v) is 9.68. The number of nitrogens with zero attached hydrogens (tertiary/aromatic N) is 1. The van der Waals surface area contributed by atoms with Crippen molar-refractivity contribution in [2.75, 3.05) is 5.73 Å². The number of benzene rings is 1. The van der Waals surface area contributed by atoms with Crippen LogP contribution in [-0.4, -0.2) is 4.98 Å². The highest BCUT2D eigenvalue weighted by molar-refractivity contribution is 7.13. The fourth-order valence-electron chi connectivity index (χ4n) is 1.36. The van der Waals surface area contributed by atoms with Crippen molar-refractivity contribution in [3.63, 3.8) is 0 Å². The summed E-state index contributed by atoms with van der Waals surface area (Å²) in [6.45, 7) is 0. The summed E-state index contributed by atoms with van der Waals surface area (Å²) in [4.78, 5) is 4.21. The lowest BCUT2D eigenvalue weighted by Gasteiger charge is -1.99. The van der Waals surface area contributed by atoms with Gasteiger partial charge in [0.05, 0.1) is 5.69 Å². The fourth-order valence-corrected chi connectivity index (χ4v) is 2.08. The highest BCUT2D eigenvalue weighted by Gasteiger charge is 1.99. The van der Waals surface area contributed by atoms with E-state index in [1.54, 1.807) is 0 Å². The van der Waals surface area contributed by atoms with Gasteiger partial charge in [0.1, 0.15) is 0 Å². The van der Waals surface area contributed by atoms with Crippen LogP contribution in [0.3, 0.4) is 0 Å². The maximum Gasteiger partial charge on any atom is 0.180 e. The van der Waals surface area contributed by atoms with Crippen molar-refractivity contribution in [2.24, 2.45) is 0 Å². The van der Waals surface area contributed by atoms with Gasteiger partial charge >= 0.3 is 0 Å². The number of nitrogens with two attached hydrogens (primary N) is 1. The molecule has 2 aromatic rings. The zero-order chi connectivity index (χ0) is 10.7. The van der Waals surface area contributed by atoms with Crippen molar-refractivity contribution >= 4 is 28.1 Å². The lowest BCUT2D eigenvalue weighted by atomic mass is 10.1. The monoisotopic (exact) mass is 238 g/mol. The Labute approximate surface area is 97.7 Å². The summed E-state index contributed by atoms with van der Waals surface area (Å²) in [6, 6.07) is 7.90. The smallest absolute Gasteiger partial charge is 0.180 e. The Morgan fingerprint density at radius 3 is 2.53 bits per heavy atom. The summed E-state index contributed by atoms with van der Waals surface area (Å²) < 4.78 is 0. The fraction of sp³-hybridized carbons (Fsp3) is 0.182. The Morgan fingerprint density at radius 2 is 1.93 bits per heavy atom. The molecular weight excluding hydrogens is 228 g/mol. The van der Waals surface area contributed by atoms with Gasteiger partial charge in [-0.15, -0.1) is 11.3 Å². The molecule has 15 heavy (non-hydrogen) atoms. The number of rotatable bonds is 3. The average Bonchev–Trinajstić information content (AvgIpc) is 2.64. The molecule has 2 N–H and O–H groups in total. The molecule has 0 radical (unpaired) electrons. The molecule has 78 valence electrons. The molecule has 1 aromatic heterocycles. The third-order valence-electron chi connectivity index (χ3n) is 2.15. The van der Waals surface area contributed by atoms with Crippen LogP contribution in [0.1, 0.15) is 11.3 Å². The molecule has 0 atom stereocenters. The van der Waals surface area contributed by atoms with E-state index in [1.807, 2.05) is 29.6 Å². The molecule has 0 unspecified atom stereocenters. The summed E-state index contributed by atoms with van der Waals surface area (Å²) in [7, 11) is 0. The van der Waals surface area contributed by atoms with E-state index in [-0.39, 0.29) is 0 Å². The van der Waals surface area contributed by atoms with E-state index in [9.17, 15) is 0 Å². The van der Waals surface area contributed by atoms with Gasteiger partial charge in [-0.3, -0.25) is 0 Å². The predicted molar refractivity (Wildman–Crippen MR) is 65.4 cm³/mol. The number of anilines is 1. The third-order valence-corrected chi connectivity index (χ3v) is 3.13. The topological polar surface area (TPSA) is 38.9 Å². The minimum atomic E-state index is 0.640. The van der Waals surface area contributed by atoms with Crippen LogP contribution in [0.5, 0.6) is 0 Å². The van der Waals surface area contributed by atoms with Gasteiger partial charge in [0.25, 0.3) is 0 Å². The molecule has 0 spiro atoms. The van der Waals surface area contributed by atoms with Crippen LogP contribution in [0.2, 0.25) is 5.02 Å². The van der Waals surface area contributed by atoms with Crippen molar-refractivity contribution in [1.29, 1.82) is 0 Å². The summed E-state index contributed by atoms with van der Waals surface area (Å²) >= 11 is 7.29. The van der Waals surface area contributed by atoms with Crippen LogP contribution in [0.25, 0.3) is 0 Å². The number of hydrogen-bond donors (Lipinski definition) is 1. The van der Waals surface area contributed by atoms with Crippen molar-refractivity contribution in [3.05, 3.63) is 45.9 Å². The van der Waals surface area contributed by atoms with Gasteiger partial charge in [-0.05, 0) is 30.5 Å². The molecule has 0 saturated carbocycles. The second-order valence-electron chi connectivity index (χ2n) is 3.30. The molecule has 0 aliphatic carbocycles. The van der Waals surface area contributed by atoms with Gasteiger partial charge in [-0.2, -0.15) is 0 Å². The van der Waals surface area contributed by atoms with Crippen LogP contribution in [0.15, 0.2) is 29.6 Å². The average molecular weight is 239 g/mol. The zero-order valence-electron chi connectivity index (χ0n) is 8.11. The van der Waals surface area contributed by atoms with Gasteiger partial charge in [0, 0.05) is 10.4 Å². The molecule has 0 aliphatic rings. The summed E-state index contributed by atoms with van der Waals surface area (Å²) in [6.07, 6.45) is 1.90. The van der Waals surface area contributed by atoms with Crippen LogP contribution >= 0.6 is 22.9 Å². The van der Waals surface area contributed by atoms with E-state index < -0.39 is 0 Å². The SMILES string of the molecule is Nc1nc(CCc2ccc(Cl)cc2)cs1. The van der Waals surface area contributed by atoms with Crippen LogP contribution in [0.4, 0.5) is 5.13 Å². The van der Waals surface area contributed by atoms with E-state index in [2.05, 4.69) is 4.98 Å². The lowest BCUT2D eigenvalue weighted by molar-refractivity contribution is 0.927. The molecule has 4 heteroatoms. The van der Waals surface area contributed by atoms with Crippen molar-refractivity contribution in [1.82, 2.24) is 4.98 Å². The molecular formula is C11H11ClN2S. The molecule has 2 rings (SSSR count). The minimum Gasteiger partial charge on any atom is -0.375 e. The van der Waals surface area contributed by atoms with E-state index in [0.29, 0.717) is 5.13 Å². The number of nitrogen functional groups attached to an aromatic ring is 1. The Morgan fingerprint density at radius 1 is 1.20 bits per heavy atom. The number of aromatic nitrogens is 1. The molecule has 1 aromatic carbocycles. The maximum absolute atomic E-state index is 5.80. The second-order valence-corrected chi connectivity index (χ2v) is 4.63. The van der Waals surface area contributed by atoms with Gasteiger partial charge in [0.15, 0.2) is 5.13 Å². The number of thiazole rings is 1. The molecule has 0 bridgehead atoms. The summed E-state index contributed by atoms with van der Waals surface area (Å²) in [5, 5.41) is 3.42. The number of hydrogen-bond acceptors (Lipinski definition) is 3. The molecule has 2 nitrogen and oxygen atoms in total. The normalized spacial score (nSPS) is 10.5. The first-order valence-corrected chi connectivity index (χ1v) is 5.94. The first-order chi connectivity index (χ1) is 7.24. The minimum absolute atomic E-state index is 0.640. The van der Waals surface area contributed by atoms with Gasteiger partial charge in [-0.1, -0.05) is 23.7 Å². The quantitative estimate of drug-likeness (QED) is 0.892. The van der Waals surface area contributed by atoms with E-state index in [4.69, 9.17) is 17.3 Å². The van der Waals surface area contributed by atoms with Crippen LogP contribution in [-0.2, 0) is 12.8 Å². The van der Waals surface area contributed by atoms with E-state index in [0.717, 1.165) is 23.6 Å². The van der Waals surface area contributed by atoms with Crippen molar-refractivity contribution in [3.8, 4) is 0 Å². The first kappa shape index (κ1) is 10.5. The molecule has 0 fully saturated rings. The summed E-state index contributed by atoms with van der Waals surface area (Å²) in [5.74, 6) is 0. The molecule has 0 aliphatic heterocycles. The Hall–Kier alpha value is -1.06. The van der Waals surface area contributed by atoms with Gasteiger partial charge in [-0.25, -0.2) is 4.98 Å². The number of halogens is 1. The van der Waals surface area contributed by atoms with Crippen molar-refractivity contribution < 1.29 is 0 Å². The largest absolute Gasteiger partial charge is 0.375 e. The Bertz CT molecular complexity index is 436. The van der Waals surface area contributed by atoms with Crippen LogP contribution < -0.4 is 5.73 Å². The Kier molecular flexibility index (Phi) is 3.23. The molecule has 0 amide bonds. The van der Waals surface area contributed by atoms with Crippen LogP contribution in [0, 0.1) is 0 Å². The first-order valence-electron chi connectivity index (χ1n) is 4.68. The Balaban J connectivity index is 1.96. The third kappa shape index (κ3) is 2.94. The highest BCUT2D eigenvalue weighted by Crippen LogP contribution is 2.15. The standard InChI is InChI=1S/C11H11ClN2S/c12-9-4-1-8(2-5-9)3-6-10-7-15-11(13)14-10/h1-2,4-5,7H,3,6H2,(H2,13,14). The van der Waals surface area contributed by atoms with E-state index in [1.165, 1.54) is 16.9 Å². The van der Waals surface area contributed by atoms with Gasteiger partial charge in [0.2, 0.25) is 0 Å². The highest BCUT2D eigenvalue weighted by atomic mass is 35.5. The lowest BCUT2D eigenvalue weighted by Crippen LogP contribution is -1.92. The summed E-state index contributed by atoms with van der Waals surface area (Å²) in [5.41, 5.74) is 7.89. The predicted octanol–water partition coefficient (Wildman–Crippen LogP) is 3.16.